The third-order valence-corrected chi connectivity index (χ3v) is 9.30. The predicted octanol–water partition coefficient (Wildman–Crippen LogP) is 5.60. The van der Waals surface area contributed by atoms with Crippen molar-refractivity contribution in [2.24, 2.45) is 40.4 Å². The highest BCUT2D eigenvalue weighted by molar-refractivity contribution is 5.74. The highest BCUT2D eigenvalue weighted by atomic mass is 16.5. The van der Waals surface area contributed by atoms with Gasteiger partial charge in [0.1, 0.15) is 0 Å². The van der Waals surface area contributed by atoms with Gasteiger partial charge in [-0.25, -0.2) is 0 Å². The molecular formula is C24H36O2. The summed E-state index contributed by atoms with van der Waals surface area (Å²) in [6.45, 7) is 5.01. The molecule has 0 aliphatic heterocycles. The van der Waals surface area contributed by atoms with Crippen LogP contribution in [0.1, 0.15) is 84.5 Å². The van der Waals surface area contributed by atoms with Gasteiger partial charge in [-0.3, -0.25) is 4.79 Å². The molecule has 2 nitrogen and oxygen atoms in total. The first kappa shape index (κ1) is 18.4. The zero-order chi connectivity index (χ0) is 18.4. The number of hydrogen-bond donors (Lipinski definition) is 0. The smallest absolute Gasteiger partial charge is 0.309 e. The fourth-order valence-electron chi connectivity index (χ4n) is 8.23. The van der Waals surface area contributed by atoms with Gasteiger partial charge in [0.15, 0.2) is 0 Å². The second kappa shape index (κ2) is 6.88. The van der Waals surface area contributed by atoms with Crippen LogP contribution in [0.15, 0.2) is 0 Å². The summed E-state index contributed by atoms with van der Waals surface area (Å²) in [6.07, 6.45) is 19.7. The van der Waals surface area contributed by atoms with Crippen molar-refractivity contribution in [1.82, 2.24) is 0 Å². The topological polar surface area (TPSA) is 26.3 Å². The van der Waals surface area contributed by atoms with Crippen LogP contribution in [0.25, 0.3) is 0 Å². The second-order valence-corrected chi connectivity index (χ2v) is 9.94. The maximum Gasteiger partial charge on any atom is 0.309 e. The SMILES string of the molecule is C#CC[C@]12CC[C@H]3[C@@H](CCC4CCCC[C@@]43C)[C@@H]1CC[C@H]2C(=O)OCC. The first-order valence-electron chi connectivity index (χ1n) is 11.2. The monoisotopic (exact) mass is 356 g/mol. The van der Waals surface area contributed by atoms with Crippen molar-refractivity contribution in [3.63, 3.8) is 0 Å². The van der Waals surface area contributed by atoms with Crippen molar-refractivity contribution in [3.8, 4) is 12.3 Å². The van der Waals surface area contributed by atoms with E-state index in [1.165, 1.54) is 51.4 Å². The van der Waals surface area contributed by atoms with Gasteiger partial charge in [-0.05, 0) is 92.8 Å². The molecule has 4 saturated carbocycles. The number of hydrogen-bond acceptors (Lipinski definition) is 2. The molecule has 0 amide bonds. The second-order valence-electron chi connectivity index (χ2n) is 9.94. The third-order valence-electron chi connectivity index (χ3n) is 9.30. The molecule has 0 spiro atoms. The first-order valence-corrected chi connectivity index (χ1v) is 11.2. The lowest BCUT2D eigenvalue weighted by Crippen LogP contribution is -2.54. The number of ether oxygens (including phenoxy) is 1. The maximum absolute atomic E-state index is 12.7. The van der Waals surface area contributed by atoms with Crippen LogP contribution >= 0.6 is 0 Å². The van der Waals surface area contributed by atoms with E-state index in [-0.39, 0.29) is 17.3 Å². The fourth-order valence-corrected chi connectivity index (χ4v) is 8.23. The van der Waals surface area contributed by atoms with Crippen molar-refractivity contribution in [1.29, 1.82) is 0 Å². The molecule has 0 aromatic rings. The Labute approximate surface area is 159 Å². The normalized spacial score (nSPS) is 47.2. The Kier molecular flexibility index (Phi) is 4.87. The summed E-state index contributed by atoms with van der Waals surface area (Å²) >= 11 is 0. The van der Waals surface area contributed by atoms with Crippen LogP contribution in [-0.4, -0.2) is 12.6 Å². The van der Waals surface area contributed by atoms with Gasteiger partial charge in [-0.15, -0.1) is 12.3 Å². The lowest BCUT2D eigenvalue weighted by Gasteiger charge is -2.60. The van der Waals surface area contributed by atoms with Gasteiger partial charge in [0.25, 0.3) is 0 Å². The molecule has 7 atom stereocenters. The number of carbonyl (C=O) groups excluding carboxylic acids is 1. The summed E-state index contributed by atoms with van der Waals surface area (Å²) in [6, 6.07) is 0. The van der Waals surface area contributed by atoms with Gasteiger partial charge >= 0.3 is 5.97 Å². The van der Waals surface area contributed by atoms with E-state index >= 15 is 0 Å². The van der Waals surface area contributed by atoms with Gasteiger partial charge in [-0.1, -0.05) is 19.8 Å². The van der Waals surface area contributed by atoms with E-state index < -0.39 is 0 Å². The summed E-state index contributed by atoms with van der Waals surface area (Å²) in [5, 5.41) is 0. The van der Waals surface area contributed by atoms with Gasteiger partial charge in [0, 0.05) is 6.42 Å². The molecule has 0 aromatic heterocycles. The Bertz CT molecular complexity index is 590. The average molecular weight is 357 g/mol. The Morgan fingerprint density at radius 3 is 2.69 bits per heavy atom. The average Bonchev–Trinajstić information content (AvgIpc) is 3.01. The molecule has 0 heterocycles. The maximum atomic E-state index is 12.7. The summed E-state index contributed by atoms with van der Waals surface area (Å²) < 4.78 is 5.48. The third kappa shape index (κ3) is 2.56. The van der Waals surface area contributed by atoms with Crippen molar-refractivity contribution in [2.45, 2.75) is 84.5 Å². The lowest BCUT2D eigenvalue weighted by molar-refractivity contribution is -0.159. The Hall–Kier alpha value is -0.970. The first-order chi connectivity index (χ1) is 12.6. The minimum absolute atomic E-state index is 0.0278. The zero-order valence-corrected chi connectivity index (χ0v) is 16.8. The van der Waals surface area contributed by atoms with Crippen molar-refractivity contribution < 1.29 is 9.53 Å². The molecular weight excluding hydrogens is 320 g/mol. The minimum Gasteiger partial charge on any atom is -0.466 e. The predicted molar refractivity (Wildman–Crippen MR) is 104 cm³/mol. The number of terminal acetylenes is 1. The molecule has 0 saturated heterocycles. The van der Waals surface area contributed by atoms with E-state index in [2.05, 4.69) is 12.8 Å². The minimum atomic E-state index is 0.0278. The molecule has 1 unspecified atom stereocenters. The Morgan fingerprint density at radius 1 is 1.08 bits per heavy atom. The van der Waals surface area contributed by atoms with Crippen molar-refractivity contribution in [2.75, 3.05) is 6.61 Å². The van der Waals surface area contributed by atoms with E-state index in [1.54, 1.807) is 0 Å². The Morgan fingerprint density at radius 2 is 1.92 bits per heavy atom. The van der Waals surface area contributed by atoms with E-state index in [4.69, 9.17) is 11.2 Å². The molecule has 26 heavy (non-hydrogen) atoms. The van der Waals surface area contributed by atoms with Gasteiger partial charge < -0.3 is 4.74 Å². The standard InChI is InChI=1S/C24H36O2/c1-4-14-24-16-13-19-18(10-9-17-8-6-7-15-23(17,19)3)20(24)11-12-21(24)22(25)26-5-2/h1,17-21H,5-16H2,2-3H3/t17?,18-,19+,20+,21+,23+,24+/m1/s1. The quantitative estimate of drug-likeness (QED) is 0.486. The summed E-state index contributed by atoms with van der Waals surface area (Å²) in [5.41, 5.74) is 0.575. The van der Waals surface area contributed by atoms with Crippen molar-refractivity contribution >= 4 is 5.97 Å². The van der Waals surface area contributed by atoms with Crippen LogP contribution in [0.2, 0.25) is 0 Å². The zero-order valence-electron chi connectivity index (χ0n) is 16.8. The van der Waals surface area contributed by atoms with E-state index in [9.17, 15) is 4.79 Å². The van der Waals surface area contributed by atoms with Crippen LogP contribution in [0, 0.1) is 52.8 Å². The molecule has 4 aliphatic rings. The number of esters is 1. The van der Waals surface area contributed by atoms with Crippen LogP contribution in [-0.2, 0) is 9.53 Å². The molecule has 4 fully saturated rings. The Balaban J connectivity index is 1.64. The van der Waals surface area contributed by atoms with Crippen LogP contribution in [0.5, 0.6) is 0 Å². The van der Waals surface area contributed by atoms with E-state index in [0.29, 0.717) is 17.9 Å². The van der Waals surface area contributed by atoms with Crippen LogP contribution < -0.4 is 0 Å². The van der Waals surface area contributed by atoms with E-state index in [1.807, 2.05) is 6.92 Å². The summed E-state index contributed by atoms with van der Waals surface area (Å²) in [7, 11) is 0. The highest BCUT2D eigenvalue weighted by Gasteiger charge is 2.62. The highest BCUT2D eigenvalue weighted by Crippen LogP contribution is 2.68. The van der Waals surface area contributed by atoms with Crippen molar-refractivity contribution in [3.05, 3.63) is 0 Å². The molecule has 0 radical (unpaired) electrons. The number of fused-ring (bicyclic) bond motifs is 5. The number of rotatable bonds is 3. The molecule has 4 rings (SSSR count). The molecule has 144 valence electrons. The molecule has 0 bridgehead atoms. The summed E-state index contributed by atoms with van der Waals surface area (Å²) in [4.78, 5) is 12.7. The molecule has 0 N–H and O–H groups in total. The fraction of sp³-hybridized carbons (Fsp3) is 0.875. The lowest BCUT2D eigenvalue weighted by atomic mass is 9.44. The van der Waals surface area contributed by atoms with Crippen LogP contribution in [0.4, 0.5) is 0 Å². The molecule has 4 aliphatic carbocycles. The van der Waals surface area contributed by atoms with Gasteiger partial charge in [-0.2, -0.15) is 0 Å². The van der Waals surface area contributed by atoms with Gasteiger partial charge in [0.05, 0.1) is 12.5 Å². The largest absolute Gasteiger partial charge is 0.466 e. The molecule has 2 heteroatoms. The molecule has 0 aromatic carbocycles. The summed E-state index contributed by atoms with van der Waals surface area (Å²) in [5.74, 6) is 6.29. The van der Waals surface area contributed by atoms with Gasteiger partial charge in [0.2, 0.25) is 0 Å². The number of carbonyl (C=O) groups is 1. The van der Waals surface area contributed by atoms with E-state index in [0.717, 1.165) is 37.0 Å². The van der Waals surface area contributed by atoms with Crippen LogP contribution in [0.3, 0.4) is 0 Å².